The topological polar surface area (TPSA) is 75.2 Å². The highest BCUT2D eigenvalue weighted by Gasteiger charge is 2.27. The predicted molar refractivity (Wildman–Crippen MR) is 80.0 cm³/mol. The van der Waals surface area contributed by atoms with E-state index >= 15 is 0 Å². The molecule has 0 saturated carbocycles. The summed E-state index contributed by atoms with van der Waals surface area (Å²) < 4.78 is 0. The number of amides is 2. The Morgan fingerprint density at radius 3 is 3.00 bits per heavy atom. The summed E-state index contributed by atoms with van der Waals surface area (Å²) in [4.78, 5) is 34.5. The molecular weight excluding hydrogens is 296 g/mol. The molecule has 1 saturated heterocycles. The molecule has 6 nitrogen and oxygen atoms in total. The van der Waals surface area contributed by atoms with Gasteiger partial charge < -0.3 is 5.32 Å². The Kier molecular flexibility index (Phi) is 3.58. The summed E-state index contributed by atoms with van der Waals surface area (Å²) in [6, 6.07) is 1.95. The molecule has 1 aliphatic rings. The van der Waals surface area contributed by atoms with Gasteiger partial charge in [-0.1, -0.05) is 11.8 Å². The molecular formula is C12H12N4O2S2. The molecule has 2 amide bonds. The van der Waals surface area contributed by atoms with Gasteiger partial charge in [-0.15, -0.1) is 11.3 Å². The first-order chi connectivity index (χ1) is 9.69. The van der Waals surface area contributed by atoms with Crippen molar-refractivity contribution < 1.29 is 9.59 Å². The van der Waals surface area contributed by atoms with Crippen LogP contribution in [0, 0.1) is 0 Å². The Balaban J connectivity index is 1.93. The van der Waals surface area contributed by atoms with Crippen molar-refractivity contribution in [2.75, 3.05) is 18.1 Å². The fourth-order valence-electron chi connectivity index (χ4n) is 2.00. The SMILES string of the molecule is CNc1nc(CN2C(=O)CCSC2=O)nc2sccc12. The molecule has 3 rings (SSSR count). The molecule has 0 radical (unpaired) electrons. The average molecular weight is 308 g/mol. The van der Waals surface area contributed by atoms with Crippen molar-refractivity contribution in [3.05, 3.63) is 17.3 Å². The van der Waals surface area contributed by atoms with Crippen molar-refractivity contribution in [1.29, 1.82) is 0 Å². The van der Waals surface area contributed by atoms with Crippen LogP contribution in [-0.4, -0.2) is 38.8 Å². The maximum atomic E-state index is 11.8. The number of hydrogen-bond donors (Lipinski definition) is 1. The molecule has 1 N–H and O–H groups in total. The van der Waals surface area contributed by atoms with Gasteiger partial charge in [-0.05, 0) is 11.4 Å². The fourth-order valence-corrected chi connectivity index (χ4v) is 3.55. The lowest BCUT2D eigenvalue weighted by Gasteiger charge is -2.23. The second kappa shape index (κ2) is 5.37. The van der Waals surface area contributed by atoms with Crippen molar-refractivity contribution in [2.45, 2.75) is 13.0 Å². The smallest absolute Gasteiger partial charge is 0.288 e. The van der Waals surface area contributed by atoms with Crippen LogP contribution in [0.5, 0.6) is 0 Å². The molecule has 0 bridgehead atoms. The fraction of sp³-hybridized carbons (Fsp3) is 0.333. The Labute approximate surface area is 123 Å². The van der Waals surface area contributed by atoms with E-state index in [1.54, 1.807) is 7.05 Å². The molecule has 3 heterocycles. The maximum absolute atomic E-state index is 11.8. The van der Waals surface area contributed by atoms with Crippen molar-refractivity contribution >= 4 is 50.3 Å². The van der Waals surface area contributed by atoms with E-state index in [9.17, 15) is 9.59 Å². The van der Waals surface area contributed by atoms with Crippen LogP contribution in [-0.2, 0) is 11.3 Å². The van der Waals surface area contributed by atoms with Crippen molar-refractivity contribution in [2.24, 2.45) is 0 Å². The first kappa shape index (κ1) is 13.3. The van der Waals surface area contributed by atoms with E-state index in [1.807, 2.05) is 11.4 Å². The van der Waals surface area contributed by atoms with E-state index in [-0.39, 0.29) is 17.7 Å². The number of thiophene rings is 1. The van der Waals surface area contributed by atoms with E-state index in [2.05, 4.69) is 15.3 Å². The van der Waals surface area contributed by atoms with Crippen LogP contribution in [0.25, 0.3) is 10.2 Å². The van der Waals surface area contributed by atoms with Crippen molar-refractivity contribution in [1.82, 2.24) is 14.9 Å². The Morgan fingerprint density at radius 2 is 2.25 bits per heavy atom. The number of rotatable bonds is 3. The van der Waals surface area contributed by atoms with Crippen LogP contribution in [0.2, 0.25) is 0 Å². The lowest BCUT2D eigenvalue weighted by Crippen LogP contribution is -2.38. The third-order valence-electron chi connectivity index (χ3n) is 2.97. The molecule has 0 unspecified atom stereocenters. The summed E-state index contributed by atoms with van der Waals surface area (Å²) in [5.74, 6) is 1.60. The van der Waals surface area contributed by atoms with E-state index in [1.165, 1.54) is 16.2 Å². The zero-order valence-electron chi connectivity index (χ0n) is 10.8. The average Bonchev–Trinajstić information content (AvgIpc) is 2.90. The number of hydrogen-bond acceptors (Lipinski definition) is 7. The molecule has 104 valence electrons. The van der Waals surface area contributed by atoms with Gasteiger partial charge >= 0.3 is 0 Å². The number of nitrogens with one attached hydrogen (secondary N) is 1. The number of fused-ring (bicyclic) bond motifs is 1. The van der Waals surface area contributed by atoms with Crippen molar-refractivity contribution in [3.63, 3.8) is 0 Å². The van der Waals surface area contributed by atoms with Gasteiger partial charge in [0.1, 0.15) is 10.6 Å². The van der Waals surface area contributed by atoms with Gasteiger partial charge in [-0.25, -0.2) is 9.97 Å². The zero-order valence-corrected chi connectivity index (χ0v) is 12.4. The molecule has 0 spiro atoms. The van der Waals surface area contributed by atoms with Crippen LogP contribution in [0.4, 0.5) is 10.6 Å². The van der Waals surface area contributed by atoms with Gasteiger partial charge in [0.2, 0.25) is 5.91 Å². The van der Waals surface area contributed by atoms with Gasteiger partial charge in [-0.2, -0.15) is 0 Å². The van der Waals surface area contributed by atoms with E-state index in [0.717, 1.165) is 27.8 Å². The second-order valence-electron chi connectivity index (χ2n) is 4.22. The lowest BCUT2D eigenvalue weighted by molar-refractivity contribution is -0.128. The summed E-state index contributed by atoms with van der Waals surface area (Å²) in [6.45, 7) is 0.132. The number of nitrogens with zero attached hydrogens (tertiary/aromatic N) is 3. The molecule has 20 heavy (non-hydrogen) atoms. The van der Waals surface area contributed by atoms with Crippen molar-refractivity contribution in [3.8, 4) is 0 Å². The number of thioether (sulfide) groups is 1. The molecule has 0 aromatic carbocycles. The summed E-state index contributed by atoms with van der Waals surface area (Å²) in [5, 5.41) is 5.69. The van der Waals surface area contributed by atoms with Gasteiger partial charge in [0.15, 0.2) is 5.82 Å². The molecule has 1 fully saturated rings. The highest BCUT2D eigenvalue weighted by atomic mass is 32.2. The highest BCUT2D eigenvalue weighted by molar-refractivity contribution is 8.13. The number of aromatic nitrogens is 2. The molecule has 0 atom stereocenters. The first-order valence-electron chi connectivity index (χ1n) is 6.08. The minimum Gasteiger partial charge on any atom is -0.372 e. The summed E-state index contributed by atoms with van der Waals surface area (Å²) in [7, 11) is 1.79. The molecule has 2 aromatic heterocycles. The summed E-state index contributed by atoms with van der Waals surface area (Å²) in [6.07, 6.45) is 0.385. The maximum Gasteiger partial charge on any atom is 0.288 e. The zero-order chi connectivity index (χ0) is 14.1. The van der Waals surface area contributed by atoms with E-state index < -0.39 is 0 Å². The largest absolute Gasteiger partial charge is 0.372 e. The summed E-state index contributed by atoms with van der Waals surface area (Å²) in [5.41, 5.74) is 0. The quantitative estimate of drug-likeness (QED) is 0.938. The summed E-state index contributed by atoms with van der Waals surface area (Å²) >= 11 is 2.67. The lowest BCUT2D eigenvalue weighted by atomic mass is 10.3. The predicted octanol–water partition coefficient (Wildman–Crippen LogP) is 2.32. The van der Waals surface area contributed by atoms with Crippen LogP contribution >= 0.6 is 23.1 Å². The first-order valence-corrected chi connectivity index (χ1v) is 7.94. The van der Waals surface area contributed by atoms with E-state index in [4.69, 9.17) is 0 Å². The normalized spacial score (nSPS) is 15.9. The minimum atomic E-state index is -0.220. The standard InChI is InChI=1S/C12H12N4O2S2/c1-13-10-7-2-4-19-11(7)15-8(14-10)6-16-9(17)3-5-20-12(16)18/h2,4H,3,5-6H2,1H3,(H,13,14,15). The van der Waals surface area contributed by atoms with Crippen LogP contribution < -0.4 is 5.32 Å². The van der Waals surface area contributed by atoms with Gasteiger partial charge in [0, 0.05) is 19.2 Å². The van der Waals surface area contributed by atoms with Gasteiger partial charge in [0.25, 0.3) is 5.24 Å². The third-order valence-corrected chi connectivity index (χ3v) is 4.65. The Bertz CT molecular complexity index is 669. The Hall–Kier alpha value is -1.67. The van der Waals surface area contributed by atoms with Crippen LogP contribution in [0.1, 0.15) is 12.2 Å². The minimum absolute atomic E-state index is 0.132. The van der Waals surface area contributed by atoms with Gasteiger partial charge in [0.05, 0.1) is 11.9 Å². The third kappa shape index (κ3) is 2.36. The number of carbonyl (C=O) groups is 2. The van der Waals surface area contributed by atoms with Gasteiger partial charge in [-0.3, -0.25) is 14.5 Å². The molecule has 1 aliphatic heterocycles. The Morgan fingerprint density at radius 1 is 1.40 bits per heavy atom. The van der Waals surface area contributed by atoms with E-state index in [0.29, 0.717) is 18.0 Å². The monoisotopic (exact) mass is 308 g/mol. The molecule has 8 heteroatoms. The number of imide groups is 1. The molecule has 0 aliphatic carbocycles. The highest BCUT2D eigenvalue weighted by Crippen LogP contribution is 2.26. The van der Waals surface area contributed by atoms with Crippen LogP contribution in [0.15, 0.2) is 11.4 Å². The van der Waals surface area contributed by atoms with Crippen LogP contribution in [0.3, 0.4) is 0 Å². The second-order valence-corrected chi connectivity index (χ2v) is 6.16. The number of carbonyl (C=O) groups excluding carboxylic acids is 2. The number of anilines is 1. The molecule has 2 aromatic rings.